The van der Waals surface area contributed by atoms with Crippen molar-refractivity contribution in [3.8, 4) is 0 Å². The van der Waals surface area contributed by atoms with E-state index in [1.54, 1.807) is 0 Å². The molecule has 0 amide bonds. The molecule has 94 valence electrons. The highest BCUT2D eigenvalue weighted by molar-refractivity contribution is 6.34. The normalized spacial score (nSPS) is 20.2. The van der Waals surface area contributed by atoms with Crippen molar-refractivity contribution in [2.75, 3.05) is 13.1 Å². The van der Waals surface area contributed by atoms with E-state index in [1.165, 1.54) is 24.1 Å². The van der Waals surface area contributed by atoms with Crippen LogP contribution in [0.2, 0.25) is 5.02 Å². The van der Waals surface area contributed by atoms with Crippen LogP contribution in [0.25, 0.3) is 0 Å². The molecule has 3 heteroatoms. The van der Waals surface area contributed by atoms with Crippen LogP contribution in [-0.2, 0) is 0 Å². The van der Waals surface area contributed by atoms with Gasteiger partial charge in [0.25, 0.3) is 0 Å². The number of benzene rings is 1. The Bertz CT molecular complexity index is 517. The summed E-state index contributed by atoms with van der Waals surface area (Å²) in [6.07, 6.45) is 4.41. The first-order valence-electron chi connectivity index (χ1n) is 6.58. The Morgan fingerprint density at radius 3 is 2.89 bits per heavy atom. The SMILES string of the molecule is Clc1ccccc1C1=NC2=C(CCC1)CNCC2. The van der Waals surface area contributed by atoms with Gasteiger partial charge in [0.15, 0.2) is 0 Å². The smallest absolute Gasteiger partial charge is 0.0496 e. The van der Waals surface area contributed by atoms with Crippen LogP contribution in [0.4, 0.5) is 0 Å². The van der Waals surface area contributed by atoms with Gasteiger partial charge in [-0.15, -0.1) is 0 Å². The summed E-state index contributed by atoms with van der Waals surface area (Å²) in [5.41, 5.74) is 5.04. The quantitative estimate of drug-likeness (QED) is 0.820. The van der Waals surface area contributed by atoms with Crippen LogP contribution in [0.5, 0.6) is 0 Å². The van der Waals surface area contributed by atoms with Crippen molar-refractivity contribution in [1.82, 2.24) is 5.32 Å². The summed E-state index contributed by atoms with van der Waals surface area (Å²) in [6, 6.07) is 8.03. The fourth-order valence-corrected chi connectivity index (χ4v) is 2.92. The minimum absolute atomic E-state index is 0.814. The molecule has 2 nitrogen and oxygen atoms in total. The van der Waals surface area contributed by atoms with E-state index in [4.69, 9.17) is 16.6 Å². The zero-order valence-electron chi connectivity index (χ0n) is 10.4. The molecule has 3 rings (SSSR count). The fraction of sp³-hybridized carbons (Fsp3) is 0.400. The minimum atomic E-state index is 0.814. The maximum Gasteiger partial charge on any atom is 0.0496 e. The number of halogens is 1. The van der Waals surface area contributed by atoms with Gasteiger partial charge in [0.05, 0.1) is 0 Å². The molecule has 0 spiro atoms. The van der Waals surface area contributed by atoms with Crippen LogP contribution in [-0.4, -0.2) is 18.8 Å². The average molecular weight is 261 g/mol. The molecule has 0 radical (unpaired) electrons. The third-order valence-electron chi connectivity index (χ3n) is 3.63. The number of hydrogen-bond donors (Lipinski definition) is 1. The van der Waals surface area contributed by atoms with E-state index in [1.807, 2.05) is 18.2 Å². The molecule has 0 bridgehead atoms. The first-order chi connectivity index (χ1) is 8.84. The van der Waals surface area contributed by atoms with E-state index < -0.39 is 0 Å². The Balaban J connectivity index is 2.00. The van der Waals surface area contributed by atoms with Gasteiger partial charge in [-0.2, -0.15) is 0 Å². The zero-order valence-corrected chi connectivity index (χ0v) is 11.1. The fourth-order valence-electron chi connectivity index (χ4n) is 2.67. The molecule has 0 fully saturated rings. The lowest BCUT2D eigenvalue weighted by Gasteiger charge is -2.17. The molecule has 1 aromatic rings. The van der Waals surface area contributed by atoms with Gasteiger partial charge in [-0.3, -0.25) is 4.99 Å². The topological polar surface area (TPSA) is 24.4 Å². The summed E-state index contributed by atoms with van der Waals surface area (Å²) in [5.74, 6) is 0. The summed E-state index contributed by atoms with van der Waals surface area (Å²) < 4.78 is 0. The Morgan fingerprint density at radius 2 is 2.00 bits per heavy atom. The third kappa shape index (κ3) is 2.36. The van der Waals surface area contributed by atoms with Crippen molar-refractivity contribution < 1.29 is 0 Å². The average Bonchev–Trinajstić information content (AvgIpc) is 2.61. The maximum absolute atomic E-state index is 6.28. The van der Waals surface area contributed by atoms with Crippen molar-refractivity contribution in [3.05, 3.63) is 46.1 Å². The van der Waals surface area contributed by atoms with Gasteiger partial charge in [-0.1, -0.05) is 29.8 Å². The molecule has 2 aliphatic heterocycles. The van der Waals surface area contributed by atoms with Crippen molar-refractivity contribution in [3.63, 3.8) is 0 Å². The molecule has 0 saturated heterocycles. The monoisotopic (exact) mass is 260 g/mol. The largest absolute Gasteiger partial charge is 0.313 e. The second-order valence-corrected chi connectivity index (χ2v) is 5.28. The molecule has 2 heterocycles. The van der Waals surface area contributed by atoms with Gasteiger partial charge in [0.1, 0.15) is 0 Å². The van der Waals surface area contributed by atoms with Gasteiger partial charge < -0.3 is 5.32 Å². The number of rotatable bonds is 1. The van der Waals surface area contributed by atoms with Crippen LogP contribution in [0.1, 0.15) is 31.2 Å². The first-order valence-corrected chi connectivity index (χ1v) is 6.96. The first kappa shape index (κ1) is 11.9. The Labute approximate surface area is 113 Å². The Hall–Kier alpha value is -1.12. The van der Waals surface area contributed by atoms with Crippen LogP contribution >= 0.6 is 11.6 Å². The Morgan fingerprint density at radius 1 is 1.11 bits per heavy atom. The molecule has 18 heavy (non-hydrogen) atoms. The van der Waals surface area contributed by atoms with Crippen LogP contribution in [0.3, 0.4) is 0 Å². The van der Waals surface area contributed by atoms with E-state index in [9.17, 15) is 0 Å². The van der Waals surface area contributed by atoms with E-state index in [-0.39, 0.29) is 0 Å². The maximum atomic E-state index is 6.28. The van der Waals surface area contributed by atoms with Gasteiger partial charge in [0.2, 0.25) is 0 Å². The highest BCUT2D eigenvalue weighted by atomic mass is 35.5. The lowest BCUT2D eigenvalue weighted by atomic mass is 10.0. The predicted octanol–water partition coefficient (Wildman–Crippen LogP) is 3.56. The highest BCUT2D eigenvalue weighted by Crippen LogP contribution is 2.27. The lowest BCUT2D eigenvalue weighted by Crippen LogP contribution is -2.24. The van der Waals surface area contributed by atoms with E-state index in [0.29, 0.717) is 0 Å². The van der Waals surface area contributed by atoms with Crippen LogP contribution in [0, 0.1) is 0 Å². The molecular weight excluding hydrogens is 244 g/mol. The molecule has 0 saturated carbocycles. The number of aliphatic imine (C=N–C) groups is 1. The lowest BCUT2D eigenvalue weighted by molar-refractivity contribution is 0.648. The molecule has 2 aliphatic rings. The molecule has 1 N–H and O–H groups in total. The second-order valence-electron chi connectivity index (χ2n) is 4.87. The predicted molar refractivity (Wildman–Crippen MR) is 76.4 cm³/mol. The van der Waals surface area contributed by atoms with Crippen molar-refractivity contribution in [2.45, 2.75) is 25.7 Å². The molecule has 0 aliphatic carbocycles. The van der Waals surface area contributed by atoms with Crippen molar-refractivity contribution in [2.24, 2.45) is 4.99 Å². The minimum Gasteiger partial charge on any atom is -0.313 e. The van der Waals surface area contributed by atoms with Crippen molar-refractivity contribution in [1.29, 1.82) is 0 Å². The van der Waals surface area contributed by atoms with Crippen LogP contribution in [0.15, 0.2) is 40.5 Å². The van der Waals surface area contributed by atoms with E-state index in [2.05, 4.69) is 11.4 Å². The van der Waals surface area contributed by atoms with E-state index in [0.717, 1.165) is 42.2 Å². The zero-order chi connectivity index (χ0) is 12.4. The number of nitrogens with one attached hydrogen (secondary N) is 1. The van der Waals surface area contributed by atoms with E-state index >= 15 is 0 Å². The molecule has 1 aromatic carbocycles. The summed E-state index contributed by atoms with van der Waals surface area (Å²) in [5, 5.41) is 4.24. The van der Waals surface area contributed by atoms with Gasteiger partial charge in [0, 0.05) is 41.5 Å². The van der Waals surface area contributed by atoms with Gasteiger partial charge in [-0.05, 0) is 30.9 Å². The third-order valence-corrected chi connectivity index (χ3v) is 3.96. The molecule has 0 unspecified atom stereocenters. The molecular formula is C15H17ClN2. The van der Waals surface area contributed by atoms with Gasteiger partial charge >= 0.3 is 0 Å². The highest BCUT2D eigenvalue weighted by Gasteiger charge is 2.17. The second kappa shape index (κ2) is 5.25. The van der Waals surface area contributed by atoms with Gasteiger partial charge in [-0.25, -0.2) is 0 Å². The van der Waals surface area contributed by atoms with Crippen molar-refractivity contribution >= 4 is 17.3 Å². The molecule has 0 atom stereocenters. The van der Waals surface area contributed by atoms with Crippen LogP contribution < -0.4 is 5.32 Å². The summed E-state index contributed by atoms with van der Waals surface area (Å²) in [6.45, 7) is 2.05. The Kier molecular flexibility index (Phi) is 3.48. The molecule has 0 aromatic heterocycles. The standard InChI is InChI=1S/C15H17ClN2/c16-13-6-2-1-5-12(13)15-7-3-4-11-10-17-9-8-14(11)18-15/h1-2,5-6,17H,3-4,7-10H2. The summed E-state index contributed by atoms with van der Waals surface area (Å²) in [7, 11) is 0. The number of nitrogens with zero attached hydrogens (tertiary/aromatic N) is 1. The summed E-state index contributed by atoms with van der Waals surface area (Å²) >= 11 is 6.28. The number of hydrogen-bond acceptors (Lipinski definition) is 2. The summed E-state index contributed by atoms with van der Waals surface area (Å²) in [4.78, 5) is 4.90.